The van der Waals surface area contributed by atoms with Crippen molar-refractivity contribution in [2.75, 3.05) is 6.54 Å². The lowest BCUT2D eigenvalue weighted by atomic mass is 10.1. The number of aromatic nitrogens is 1. The number of amides is 2. The van der Waals surface area contributed by atoms with E-state index >= 15 is 0 Å². The fourth-order valence-electron chi connectivity index (χ4n) is 3.17. The van der Waals surface area contributed by atoms with Crippen molar-refractivity contribution in [3.63, 3.8) is 0 Å². The van der Waals surface area contributed by atoms with Crippen LogP contribution in [0.4, 0.5) is 5.69 Å². The van der Waals surface area contributed by atoms with Crippen molar-refractivity contribution in [3.05, 3.63) is 57.6 Å². The van der Waals surface area contributed by atoms with Gasteiger partial charge in [0.2, 0.25) is 5.89 Å². The molecule has 0 unspecified atom stereocenters. The molecule has 0 saturated heterocycles. The fourth-order valence-corrected chi connectivity index (χ4v) is 3.17. The number of benzene rings is 2. The number of non-ortho nitro benzene ring substituents is 1. The average Bonchev–Trinajstić information content (AvgIpc) is 3.19. The SMILES string of the molecule is CC(C)CCN1C(=O)c2ccc(-c3nc4cc([N+](=O)[O-])ccc4o3)cc2C1=O. The zero-order chi connectivity index (χ0) is 20.0. The van der Waals surface area contributed by atoms with Crippen LogP contribution in [0.25, 0.3) is 22.6 Å². The van der Waals surface area contributed by atoms with Gasteiger partial charge in [0.05, 0.1) is 16.1 Å². The summed E-state index contributed by atoms with van der Waals surface area (Å²) in [5.74, 6) is -0.00232. The number of nitrogens with zero attached hydrogens (tertiary/aromatic N) is 3. The van der Waals surface area contributed by atoms with Crippen LogP contribution in [0.2, 0.25) is 0 Å². The number of carbonyl (C=O) groups excluding carboxylic acids is 2. The minimum atomic E-state index is -0.501. The third-order valence-corrected chi connectivity index (χ3v) is 4.73. The summed E-state index contributed by atoms with van der Waals surface area (Å²) in [5, 5.41) is 10.9. The second-order valence-corrected chi connectivity index (χ2v) is 7.13. The quantitative estimate of drug-likeness (QED) is 0.376. The first-order chi connectivity index (χ1) is 13.3. The molecule has 0 fully saturated rings. The summed E-state index contributed by atoms with van der Waals surface area (Å²) < 4.78 is 5.67. The summed E-state index contributed by atoms with van der Waals surface area (Å²) in [6.45, 7) is 4.45. The molecule has 1 aromatic heterocycles. The fraction of sp³-hybridized carbons (Fsp3) is 0.250. The predicted octanol–water partition coefficient (Wildman–Crippen LogP) is 4.05. The Morgan fingerprint density at radius 1 is 1.11 bits per heavy atom. The third kappa shape index (κ3) is 2.92. The maximum atomic E-state index is 12.7. The Morgan fingerprint density at radius 3 is 2.57 bits per heavy atom. The highest BCUT2D eigenvalue weighted by molar-refractivity contribution is 6.21. The number of nitro benzene ring substituents is 1. The van der Waals surface area contributed by atoms with E-state index in [0.717, 1.165) is 6.42 Å². The van der Waals surface area contributed by atoms with Gasteiger partial charge in [-0.1, -0.05) is 13.8 Å². The molecular formula is C20H17N3O5. The smallest absolute Gasteiger partial charge is 0.271 e. The van der Waals surface area contributed by atoms with Crippen molar-refractivity contribution >= 4 is 28.6 Å². The molecule has 3 aromatic rings. The van der Waals surface area contributed by atoms with Gasteiger partial charge >= 0.3 is 0 Å². The molecular weight excluding hydrogens is 362 g/mol. The summed E-state index contributed by atoms with van der Waals surface area (Å²) in [6.07, 6.45) is 0.738. The van der Waals surface area contributed by atoms with Gasteiger partial charge in [-0.05, 0) is 36.6 Å². The standard InChI is InChI=1S/C20H17N3O5/c1-11(2)7-8-22-19(24)14-5-3-12(9-15(14)20(22)25)18-21-16-10-13(23(26)27)4-6-17(16)28-18/h3-6,9-11H,7-8H2,1-2H3. The van der Waals surface area contributed by atoms with Crippen molar-refractivity contribution in [2.45, 2.75) is 20.3 Å². The number of oxazole rings is 1. The molecule has 0 aliphatic carbocycles. The number of fused-ring (bicyclic) bond motifs is 2. The summed E-state index contributed by atoms with van der Waals surface area (Å²) in [7, 11) is 0. The molecule has 0 spiro atoms. The second-order valence-electron chi connectivity index (χ2n) is 7.13. The van der Waals surface area contributed by atoms with E-state index in [-0.39, 0.29) is 23.4 Å². The minimum absolute atomic E-state index is 0.0807. The molecule has 0 bridgehead atoms. The number of carbonyl (C=O) groups is 2. The van der Waals surface area contributed by atoms with Crippen molar-refractivity contribution in [3.8, 4) is 11.5 Å². The number of hydrogen-bond donors (Lipinski definition) is 0. The minimum Gasteiger partial charge on any atom is -0.436 e. The Morgan fingerprint density at radius 2 is 1.86 bits per heavy atom. The average molecular weight is 379 g/mol. The molecule has 0 N–H and O–H groups in total. The molecule has 2 heterocycles. The van der Waals surface area contributed by atoms with Gasteiger partial charge in [-0.15, -0.1) is 0 Å². The maximum absolute atomic E-state index is 12.7. The van der Waals surface area contributed by atoms with Crippen molar-refractivity contribution in [2.24, 2.45) is 5.92 Å². The van der Waals surface area contributed by atoms with Gasteiger partial charge in [-0.2, -0.15) is 0 Å². The Hall–Kier alpha value is -3.55. The molecule has 0 saturated carbocycles. The topological polar surface area (TPSA) is 107 Å². The van der Waals surface area contributed by atoms with Crippen LogP contribution in [-0.4, -0.2) is 33.2 Å². The van der Waals surface area contributed by atoms with E-state index in [2.05, 4.69) is 4.98 Å². The van der Waals surface area contributed by atoms with Gasteiger partial charge in [0, 0.05) is 24.2 Å². The van der Waals surface area contributed by atoms with Crippen LogP contribution in [0, 0.1) is 16.0 Å². The van der Waals surface area contributed by atoms with E-state index < -0.39 is 4.92 Å². The van der Waals surface area contributed by atoms with Crippen LogP contribution in [0.3, 0.4) is 0 Å². The van der Waals surface area contributed by atoms with Crippen LogP contribution >= 0.6 is 0 Å². The van der Waals surface area contributed by atoms with Gasteiger partial charge in [-0.25, -0.2) is 4.98 Å². The highest BCUT2D eigenvalue weighted by Crippen LogP contribution is 2.31. The highest BCUT2D eigenvalue weighted by atomic mass is 16.6. The van der Waals surface area contributed by atoms with Gasteiger partial charge in [0.1, 0.15) is 5.52 Å². The van der Waals surface area contributed by atoms with E-state index in [0.29, 0.717) is 40.3 Å². The summed E-state index contributed by atoms with van der Waals surface area (Å²) in [5.41, 5.74) is 1.89. The molecule has 1 aliphatic heterocycles. The molecule has 8 heteroatoms. The Balaban J connectivity index is 1.69. The molecule has 8 nitrogen and oxygen atoms in total. The number of rotatable bonds is 5. The van der Waals surface area contributed by atoms with Gasteiger partial charge < -0.3 is 4.42 Å². The second kappa shape index (κ2) is 6.56. The Labute approximate surface area is 159 Å². The van der Waals surface area contributed by atoms with E-state index in [4.69, 9.17) is 4.42 Å². The van der Waals surface area contributed by atoms with E-state index in [1.54, 1.807) is 18.2 Å². The monoisotopic (exact) mass is 379 g/mol. The molecule has 142 valence electrons. The molecule has 1 aliphatic rings. The van der Waals surface area contributed by atoms with Gasteiger partial charge in [-0.3, -0.25) is 24.6 Å². The highest BCUT2D eigenvalue weighted by Gasteiger charge is 2.35. The summed E-state index contributed by atoms with van der Waals surface area (Å²) in [4.78, 5) is 41.2. The molecule has 0 atom stereocenters. The van der Waals surface area contributed by atoms with E-state index in [1.165, 1.54) is 23.1 Å². The van der Waals surface area contributed by atoms with Crippen molar-refractivity contribution in [1.29, 1.82) is 0 Å². The Bertz CT molecular complexity index is 1130. The van der Waals surface area contributed by atoms with Gasteiger partial charge in [0.25, 0.3) is 17.5 Å². The van der Waals surface area contributed by atoms with Crippen molar-refractivity contribution < 1.29 is 18.9 Å². The first kappa shape index (κ1) is 17.8. The first-order valence-corrected chi connectivity index (χ1v) is 8.90. The van der Waals surface area contributed by atoms with Crippen LogP contribution in [0.1, 0.15) is 41.0 Å². The largest absolute Gasteiger partial charge is 0.436 e. The molecule has 28 heavy (non-hydrogen) atoms. The number of imide groups is 1. The predicted molar refractivity (Wildman–Crippen MR) is 101 cm³/mol. The Kier molecular flexibility index (Phi) is 4.18. The summed E-state index contributed by atoms with van der Waals surface area (Å²) in [6, 6.07) is 9.00. The van der Waals surface area contributed by atoms with E-state index in [1.807, 2.05) is 13.8 Å². The lowest BCUT2D eigenvalue weighted by Crippen LogP contribution is -2.31. The van der Waals surface area contributed by atoms with Crippen LogP contribution in [0.15, 0.2) is 40.8 Å². The first-order valence-electron chi connectivity index (χ1n) is 8.90. The third-order valence-electron chi connectivity index (χ3n) is 4.73. The zero-order valence-electron chi connectivity index (χ0n) is 15.3. The molecule has 2 aromatic carbocycles. The summed E-state index contributed by atoms with van der Waals surface area (Å²) >= 11 is 0. The number of hydrogen-bond acceptors (Lipinski definition) is 6. The number of nitro groups is 1. The van der Waals surface area contributed by atoms with Crippen LogP contribution in [0.5, 0.6) is 0 Å². The van der Waals surface area contributed by atoms with Crippen LogP contribution in [-0.2, 0) is 0 Å². The lowest BCUT2D eigenvalue weighted by Gasteiger charge is -2.14. The molecule has 0 radical (unpaired) electrons. The maximum Gasteiger partial charge on any atom is 0.271 e. The molecule has 2 amide bonds. The molecule has 4 rings (SSSR count). The lowest BCUT2D eigenvalue weighted by molar-refractivity contribution is -0.384. The van der Waals surface area contributed by atoms with Crippen molar-refractivity contribution in [1.82, 2.24) is 9.88 Å². The normalized spacial score (nSPS) is 13.6. The van der Waals surface area contributed by atoms with Crippen LogP contribution < -0.4 is 0 Å². The van der Waals surface area contributed by atoms with E-state index in [9.17, 15) is 19.7 Å². The zero-order valence-corrected chi connectivity index (χ0v) is 15.3. The van der Waals surface area contributed by atoms with Gasteiger partial charge in [0.15, 0.2) is 5.58 Å².